The molecule has 0 atom stereocenters. The van der Waals surface area contributed by atoms with Gasteiger partial charge in [-0.15, -0.1) is 0 Å². The van der Waals surface area contributed by atoms with Gasteiger partial charge in [-0.3, -0.25) is 9.78 Å². The van der Waals surface area contributed by atoms with Crippen molar-refractivity contribution in [2.45, 2.75) is 19.8 Å². The number of piperazine rings is 1. The second-order valence-electron chi connectivity index (χ2n) is 8.77. The van der Waals surface area contributed by atoms with Gasteiger partial charge in [-0.1, -0.05) is 24.9 Å². The number of rotatable bonds is 6. The molecule has 35 heavy (non-hydrogen) atoms. The standard InChI is InChI=1S/C28H28ClN5O/c1-2-3-20-10-12-31-27(18-20)33-14-16-34(17-15-33)28(35)21-4-7-23(8-5-21)32-25-11-13-30-26-19-22(29)6-9-24(25)26/h4-13,18-19H,2-3,14-17H2,1H3,(H,30,32). The zero-order chi connectivity index (χ0) is 24.2. The lowest BCUT2D eigenvalue weighted by molar-refractivity contribution is 0.0746. The number of fused-ring (bicyclic) bond motifs is 1. The van der Waals surface area contributed by atoms with E-state index in [2.05, 4.69) is 39.2 Å². The Labute approximate surface area is 210 Å². The molecule has 1 aliphatic heterocycles. The van der Waals surface area contributed by atoms with Gasteiger partial charge in [-0.2, -0.15) is 0 Å². The van der Waals surface area contributed by atoms with Crippen molar-refractivity contribution in [3.05, 3.63) is 89.2 Å². The number of hydrogen-bond donors (Lipinski definition) is 1. The van der Waals surface area contributed by atoms with Crippen LogP contribution in [0.4, 0.5) is 17.2 Å². The van der Waals surface area contributed by atoms with E-state index in [1.54, 1.807) is 6.20 Å². The number of benzene rings is 2. The maximum absolute atomic E-state index is 13.1. The van der Waals surface area contributed by atoms with Crippen molar-refractivity contribution in [2.75, 3.05) is 36.4 Å². The minimum atomic E-state index is 0.0629. The lowest BCUT2D eigenvalue weighted by atomic mass is 10.1. The second kappa shape index (κ2) is 10.3. The molecule has 1 N–H and O–H groups in total. The van der Waals surface area contributed by atoms with Gasteiger partial charge in [0.2, 0.25) is 0 Å². The summed E-state index contributed by atoms with van der Waals surface area (Å²) in [5.41, 5.74) is 4.69. The molecular weight excluding hydrogens is 458 g/mol. The van der Waals surface area contributed by atoms with Gasteiger partial charge in [0, 0.05) is 65.9 Å². The van der Waals surface area contributed by atoms with Crippen molar-refractivity contribution < 1.29 is 4.79 Å². The molecule has 1 fully saturated rings. The Bertz CT molecular complexity index is 1330. The van der Waals surface area contributed by atoms with Crippen molar-refractivity contribution in [1.82, 2.24) is 14.9 Å². The smallest absolute Gasteiger partial charge is 0.253 e. The van der Waals surface area contributed by atoms with Gasteiger partial charge in [-0.05, 0) is 72.6 Å². The summed E-state index contributed by atoms with van der Waals surface area (Å²) < 4.78 is 0. The Balaban J connectivity index is 1.22. The third kappa shape index (κ3) is 5.23. The molecule has 7 heteroatoms. The van der Waals surface area contributed by atoms with E-state index in [1.165, 1.54) is 5.56 Å². The fourth-order valence-electron chi connectivity index (χ4n) is 4.48. The van der Waals surface area contributed by atoms with Crippen LogP contribution < -0.4 is 10.2 Å². The van der Waals surface area contributed by atoms with Crippen LogP contribution in [0, 0.1) is 0 Å². The number of hydrogen-bond acceptors (Lipinski definition) is 5. The molecule has 1 aliphatic rings. The van der Waals surface area contributed by atoms with Crippen LogP contribution >= 0.6 is 11.6 Å². The molecule has 2 aromatic carbocycles. The van der Waals surface area contributed by atoms with Crippen molar-refractivity contribution >= 4 is 45.6 Å². The first-order chi connectivity index (χ1) is 17.1. The van der Waals surface area contributed by atoms with Gasteiger partial charge >= 0.3 is 0 Å². The molecule has 1 saturated heterocycles. The SMILES string of the molecule is CCCc1ccnc(N2CCN(C(=O)c3ccc(Nc4ccnc5cc(Cl)ccc45)cc3)CC2)c1. The van der Waals surface area contributed by atoms with Crippen molar-refractivity contribution in [3.8, 4) is 0 Å². The van der Waals surface area contributed by atoms with Crippen molar-refractivity contribution in [1.29, 1.82) is 0 Å². The largest absolute Gasteiger partial charge is 0.355 e. The molecule has 2 aromatic heterocycles. The quantitative estimate of drug-likeness (QED) is 0.366. The van der Waals surface area contributed by atoms with E-state index in [-0.39, 0.29) is 5.91 Å². The van der Waals surface area contributed by atoms with E-state index in [4.69, 9.17) is 11.6 Å². The zero-order valence-corrected chi connectivity index (χ0v) is 20.5. The molecule has 0 spiro atoms. The van der Waals surface area contributed by atoms with Crippen LogP contribution in [0.2, 0.25) is 5.02 Å². The molecule has 6 nitrogen and oxygen atoms in total. The predicted molar refractivity (Wildman–Crippen MR) is 143 cm³/mol. The van der Waals surface area contributed by atoms with E-state index < -0.39 is 0 Å². The average Bonchev–Trinajstić information content (AvgIpc) is 2.89. The first kappa shape index (κ1) is 23.1. The lowest BCUT2D eigenvalue weighted by Crippen LogP contribution is -2.49. The minimum absolute atomic E-state index is 0.0629. The molecule has 0 unspecified atom stereocenters. The summed E-state index contributed by atoms with van der Waals surface area (Å²) in [6.07, 6.45) is 5.82. The second-order valence-corrected chi connectivity index (χ2v) is 9.21. The Morgan fingerprint density at radius 3 is 2.49 bits per heavy atom. The van der Waals surface area contributed by atoms with Gasteiger partial charge < -0.3 is 15.1 Å². The molecule has 4 aromatic rings. The lowest BCUT2D eigenvalue weighted by Gasteiger charge is -2.35. The first-order valence-corrected chi connectivity index (χ1v) is 12.4. The zero-order valence-electron chi connectivity index (χ0n) is 19.7. The number of aromatic nitrogens is 2. The van der Waals surface area contributed by atoms with Gasteiger partial charge in [0.1, 0.15) is 5.82 Å². The summed E-state index contributed by atoms with van der Waals surface area (Å²) in [7, 11) is 0. The van der Waals surface area contributed by atoms with Gasteiger partial charge in [-0.25, -0.2) is 4.98 Å². The number of pyridine rings is 2. The monoisotopic (exact) mass is 485 g/mol. The highest BCUT2D eigenvalue weighted by Crippen LogP contribution is 2.27. The van der Waals surface area contributed by atoms with Crippen LogP contribution in [-0.4, -0.2) is 47.0 Å². The molecule has 0 bridgehead atoms. The van der Waals surface area contributed by atoms with E-state index in [0.29, 0.717) is 23.7 Å². The maximum Gasteiger partial charge on any atom is 0.253 e. The summed E-state index contributed by atoms with van der Waals surface area (Å²) >= 11 is 6.10. The van der Waals surface area contributed by atoms with Crippen LogP contribution in [0.1, 0.15) is 29.3 Å². The number of anilines is 3. The van der Waals surface area contributed by atoms with Crippen LogP contribution in [-0.2, 0) is 6.42 Å². The first-order valence-electron chi connectivity index (χ1n) is 12.0. The average molecular weight is 486 g/mol. The Hall–Kier alpha value is -3.64. The van der Waals surface area contributed by atoms with E-state index in [0.717, 1.165) is 54.0 Å². The number of amides is 1. The normalized spacial score (nSPS) is 13.8. The molecule has 0 saturated carbocycles. The number of nitrogens with one attached hydrogen (secondary N) is 1. The fraction of sp³-hybridized carbons (Fsp3) is 0.250. The molecule has 5 rings (SSSR count). The van der Waals surface area contributed by atoms with Gasteiger partial charge in [0.25, 0.3) is 5.91 Å². The fourth-order valence-corrected chi connectivity index (χ4v) is 4.65. The van der Waals surface area contributed by atoms with Gasteiger partial charge in [0.05, 0.1) is 5.52 Å². The number of aryl methyl sites for hydroxylation is 1. The summed E-state index contributed by atoms with van der Waals surface area (Å²) in [4.78, 5) is 26.2. The van der Waals surface area contributed by atoms with Crippen LogP contribution in [0.3, 0.4) is 0 Å². The highest BCUT2D eigenvalue weighted by molar-refractivity contribution is 6.31. The van der Waals surface area contributed by atoms with Gasteiger partial charge in [0.15, 0.2) is 0 Å². The number of halogens is 1. The Morgan fingerprint density at radius 2 is 1.71 bits per heavy atom. The molecule has 0 aliphatic carbocycles. The third-order valence-electron chi connectivity index (χ3n) is 6.36. The number of carbonyl (C=O) groups excluding carboxylic acids is 1. The maximum atomic E-state index is 13.1. The van der Waals surface area contributed by atoms with E-state index >= 15 is 0 Å². The topological polar surface area (TPSA) is 61.4 Å². The van der Waals surface area contributed by atoms with E-state index in [1.807, 2.05) is 59.6 Å². The highest BCUT2D eigenvalue weighted by atomic mass is 35.5. The number of carbonyl (C=O) groups is 1. The van der Waals surface area contributed by atoms with Crippen molar-refractivity contribution in [2.24, 2.45) is 0 Å². The highest BCUT2D eigenvalue weighted by Gasteiger charge is 2.23. The summed E-state index contributed by atoms with van der Waals surface area (Å²) in [5, 5.41) is 5.08. The van der Waals surface area contributed by atoms with Crippen LogP contribution in [0.15, 0.2) is 73.1 Å². The van der Waals surface area contributed by atoms with Crippen molar-refractivity contribution in [3.63, 3.8) is 0 Å². The predicted octanol–water partition coefficient (Wildman–Crippen LogP) is 5.94. The van der Waals surface area contributed by atoms with Crippen LogP contribution in [0.25, 0.3) is 10.9 Å². The van der Waals surface area contributed by atoms with Crippen LogP contribution in [0.5, 0.6) is 0 Å². The summed E-state index contributed by atoms with van der Waals surface area (Å²) in [5.74, 6) is 1.07. The summed E-state index contributed by atoms with van der Waals surface area (Å²) in [6.45, 7) is 5.12. The third-order valence-corrected chi connectivity index (χ3v) is 6.59. The molecule has 0 radical (unpaired) electrons. The van der Waals surface area contributed by atoms with E-state index in [9.17, 15) is 4.79 Å². The summed E-state index contributed by atoms with van der Waals surface area (Å²) in [6, 6.07) is 19.5. The Kier molecular flexibility index (Phi) is 6.82. The minimum Gasteiger partial charge on any atom is -0.355 e. The molecule has 1 amide bonds. The molecule has 178 valence electrons. The Morgan fingerprint density at radius 1 is 0.943 bits per heavy atom. The molecule has 3 heterocycles. The molecular formula is C28H28ClN5O. The number of nitrogens with zero attached hydrogens (tertiary/aromatic N) is 4.